The molecule has 3 aliphatic carbocycles. The molecule has 0 fully saturated rings. The third kappa shape index (κ3) is 14.1. The first-order valence-corrected chi connectivity index (χ1v) is 53.5. The van der Waals surface area contributed by atoms with E-state index in [1.54, 1.807) is 0 Å². The van der Waals surface area contributed by atoms with Crippen molar-refractivity contribution in [1.82, 2.24) is 29.9 Å². The maximum atomic E-state index is 5.22. The van der Waals surface area contributed by atoms with Crippen LogP contribution in [-0.2, 0) is 16.2 Å². The number of fused-ring (bicyclic) bond motifs is 30. The Hall–Kier alpha value is -18.1. The van der Waals surface area contributed by atoms with Crippen LogP contribution >= 0.6 is 35.3 Å². The molecule has 6 heterocycles. The first-order valence-electron chi connectivity index (χ1n) is 51.1. The van der Waals surface area contributed by atoms with Crippen LogP contribution in [0.25, 0.3) is 179 Å². The predicted molar refractivity (Wildman–Crippen MR) is 617 cm³/mol. The Balaban J connectivity index is 0.000000106. The number of rotatable bonds is 10. The van der Waals surface area contributed by atoms with E-state index in [4.69, 9.17) is 29.9 Å². The van der Waals surface area contributed by atoms with E-state index in [0.717, 1.165) is 101 Å². The number of para-hydroxylation sites is 3. The molecule has 0 saturated carbocycles. The van der Waals surface area contributed by atoms with Crippen LogP contribution in [0.15, 0.2) is 563 Å². The fourth-order valence-electron chi connectivity index (χ4n) is 24.7. The second kappa shape index (κ2) is 36.2. The molecule has 9 heteroatoms. The molecule has 0 N–H and O–H groups in total. The Labute approximate surface area is 882 Å². The minimum atomic E-state index is -0.393. The smallest absolute Gasteiger partial charge is 0.160 e. The van der Waals surface area contributed by atoms with Crippen molar-refractivity contribution in [1.29, 1.82) is 0 Å². The van der Waals surface area contributed by atoms with E-state index in [2.05, 4.69) is 485 Å². The van der Waals surface area contributed by atoms with Crippen LogP contribution in [0, 0.1) is 0 Å². The molecule has 0 amide bonds. The summed E-state index contributed by atoms with van der Waals surface area (Å²) in [7, 11) is 0. The molecule has 3 spiro atoms. The predicted octanol–water partition coefficient (Wildman–Crippen LogP) is 36.0. The molecular formula is C141H88N6S3. The lowest BCUT2D eigenvalue weighted by atomic mass is 9.67. The average Bonchev–Trinajstić information content (AvgIpc) is 1.52. The summed E-state index contributed by atoms with van der Waals surface area (Å²) < 4.78 is 0. The van der Waals surface area contributed by atoms with Crippen molar-refractivity contribution in [3.8, 4) is 146 Å². The van der Waals surface area contributed by atoms with Gasteiger partial charge in [0.25, 0.3) is 0 Å². The van der Waals surface area contributed by atoms with Gasteiger partial charge in [0, 0.05) is 78.9 Å². The summed E-state index contributed by atoms with van der Waals surface area (Å²) in [6.45, 7) is 0. The molecule has 31 rings (SSSR count). The summed E-state index contributed by atoms with van der Waals surface area (Å²) in [5.74, 6) is 2.19. The van der Waals surface area contributed by atoms with Crippen LogP contribution in [0.1, 0.15) is 66.8 Å². The van der Waals surface area contributed by atoms with Gasteiger partial charge < -0.3 is 0 Å². The lowest BCUT2D eigenvalue weighted by Crippen LogP contribution is -2.31. The Bertz CT molecular complexity index is 9590. The molecule has 3 aliphatic heterocycles. The lowest BCUT2D eigenvalue weighted by molar-refractivity contribution is 0.722. The van der Waals surface area contributed by atoms with Gasteiger partial charge in [-0.2, -0.15) is 0 Å². The summed E-state index contributed by atoms with van der Waals surface area (Å²) in [6.07, 6.45) is 0. The van der Waals surface area contributed by atoms with Gasteiger partial charge in [0.15, 0.2) is 17.5 Å². The maximum absolute atomic E-state index is 5.22. The third-order valence-electron chi connectivity index (χ3n) is 31.1. The standard InChI is InChI=1S/C51H32N2S.2C45H28N2S/c1-2-13-33(14-3-1)34-25-31-37(32-26-34)50-52-45-22-9-5-16-40(45)49(53-50)36-29-27-35(28-30-36)38-17-12-21-44-48(38)39-15-4-6-18-41(39)51(44)42-19-7-10-23-46(42)54-47-24-11-8-20-43(47)51;1-2-13-31(14-3-1)44-46-39-22-9-5-16-34(39)43(47-44)30-27-25-29(26-28-30)32-17-12-21-38-42(32)33-15-4-6-18-35(33)45(38)36-19-7-10-23-40(36)48-41-24-11-8-20-37(41)45;1-2-13-30(14-3-1)43-34-16-5-9-22-39(34)46-44(47-43)31-27-25-29(26-28-31)32-17-12-21-38-42(32)33-15-4-6-18-35(33)45(38)36-19-7-10-23-40(36)48-41-24-11-8-20-37(41)45/h1-32H;2*1-28H. The van der Waals surface area contributed by atoms with E-state index < -0.39 is 5.41 Å². The molecule has 0 atom stereocenters. The first kappa shape index (κ1) is 88.4. The molecule has 0 bridgehead atoms. The van der Waals surface area contributed by atoms with Gasteiger partial charge in [0.2, 0.25) is 0 Å². The summed E-state index contributed by atoms with van der Waals surface area (Å²) in [5, 5.41) is 3.15. The molecule has 6 nitrogen and oxygen atoms in total. The topological polar surface area (TPSA) is 77.3 Å². The van der Waals surface area contributed by atoms with Crippen molar-refractivity contribution in [2.45, 2.75) is 45.6 Å². The van der Waals surface area contributed by atoms with Crippen LogP contribution in [0.2, 0.25) is 0 Å². The number of hydrogen-bond donors (Lipinski definition) is 0. The van der Waals surface area contributed by atoms with Crippen LogP contribution in [0.3, 0.4) is 0 Å². The first-order chi connectivity index (χ1) is 74.4. The highest BCUT2D eigenvalue weighted by Crippen LogP contribution is 2.68. The zero-order chi connectivity index (χ0) is 99.0. The average molecular weight is 1960 g/mol. The van der Waals surface area contributed by atoms with Gasteiger partial charge in [-0.1, -0.05) is 515 Å². The highest BCUT2D eigenvalue weighted by molar-refractivity contribution is 8.00. The number of aromatic nitrogens is 6. The number of hydrogen-bond acceptors (Lipinski definition) is 9. The molecule has 0 saturated heterocycles. The zero-order valence-electron chi connectivity index (χ0n) is 81.2. The van der Waals surface area contributed by atoms with Crippen LogP contribution in [0.4, 0.5) is 0 Å². The fraction of sp³-hybridized carbons (Fsp3) is 0.0213. The van der Waals surface area contributed by atoms with Gasteiger partial charge in [-0.25, -0.2) is 29.9 Å². The van der Waals surface area contributed by atoms with Crippen molar-refractivity contribution >= 4 is 68.0 Å². The van der Waals surface area contributed by atoms with E-state index >= 15 is 0 Å². The molecule has 22 aromatic carbocycles. The van der Waals surface area contributed by atoms with Gasteiger partial charge in [-0.3, -0.25) is 0 Å². The molecule has 0 radical (unpaired) electrons. The molecule has 150 heavy (non-hydrogen) atoms. The maximum Gasteiger partial charge on any atom is 0.160 e. The minimum absolute atomic E-state index is 0.381. The molecular weight excluding hydrogens is 1870 g/mol. The Morgan fingerprint density at radius 1 is 0.127 bits per heavy atom. The minimum Gasteiger partial charge on any atom is -0.228 e. The summed E-state index contributed by atoms with van der Waals surface area (Å²) >= 11 is 5.65. The summed E-state index contributed by atoms with van der Waals surface area (Å²) in [6, 6.07) is 193. The second-order valence-electron chi connectivity index (χ2n) is 39.0. The summed E-state index contributed by atoms with van der Waals surface area (Å²) in [5.41, 5.74) is 44.4. The molecule has 700 valence electrons. The van der Waals surface area contributed by atoms with Crippen molar-refractivity contribution < 1.29 is 0 Å². The summed E-state index contributed by atoms with van der Waals surface area (Å²) in [4.78, 5) is 38.3. The Morgan fingerprint density at radius 2 is 0.320 bits per heavy atom. The van der Waals surface area contributed by atoms with Gasteiger partial charge >= 0.3 is 0 Å². The largest absolute Gasteiger partial charge is 0.228 e. The highest BCUT2D eigenvalue weighted by atomic mass is 32.2. The molecule has 3 aromatic heterocycles. The number of nitrogens with zero attached hydrogens (tertiary/aromatic N) is 6. The Kier molecular flexibility index (Phi) is 21.4. The van der Waals surface area contributed by atoms with E-state index in [0.29, 0.717) is 0 Å². The lowest BCUT2D eigenvalue weighted by Gasteiger charge is -2.39. The molecule has 6 aliphatic rings. The van der Waals surface area contributed by atoms with E-state index in [1.807, 2.05) is 83.8 Å². The Morgan fingerprint density at radius 3 is 0.620 bits per heavy atom. The highest BCUT2D eigenvalue weighted by Gasteiger charge is 2.54. The van der Waals surface area contributed by atoms with E-state index in [1.165, 1.54) is 174 Å². The van der Waals surface area contributed by atoms with Gasteiger partial charge in [-0.05, 0) is 199 Å². The van der Waals surface area contributed by atoms with Crippen molar-refractivity contribution in [2.24, 2.45) is 0 Å². The van der Waals surface area contributed by atoms with Crippen LogP contribution < -0.4 is 0 Å². The molecule has 0 unspecified atom stereocenters. The monoisotopic (exact) mass is 1960 g/mol. The van der Waals surface area contributed by atoms with Gasteiger partial charge in [0.05, 0.1) is 49.9 Å². The van der Waals surface area contributed by atoms with Crippen LogP contribution in [-0.4, -0.2) is 29.9 Å². The van der Waals surface area contributed by atoms with Crippen LogP contribution in [0.5, 0.6) is 0 Å². The van der Waals surface area contributed by atoms with Crippen molar-refractivity contribution in [3.63, 3.8) is 0 Å². The second-order valence-corrected chi connectivity index (χ2v) is 42.3. The zero-order valence-corrected chi connectivity index (χ0v) is 83.7. The normalized spacial score (nSPS) is 13.4. The quantitative estimate of drug-likeness (QED) is 0.133. The van der Waals surface area contributed by atoms with E-state index in [9.17, 15) is 0 Å². The van der Waals surface area contributed by atoms with Gasteiger partial charge in [-0.15, -0.1) is 0 Å². The van der Waals surface area contributed by atoms with Crippen molar-refractivity contribution in [3.05, 3.63) is 601 Å². The van der Waals surface area contributed by atoms with Crippen molar-refractivity contribution in [2.75, 3.05) is 0 Å². The SMILES string of the molecule is c1ccc(-c2ccc(-c3nc(-c4ccc(-c5cccc6c5-c5ccccc5C65c6ccccc6Sc6ccccc65)cc4)c4ccccc4n3)cc2)cc1.c1ccc(-c2nc(-c3ccc(-c4cccc5c4-c4ccccc4C54c5ccccc5Sc5ccccc54)cc3)c3ccccc3n2)cc1.c1ccc(-c2nc(-c3ccc(-c4cccc5c4-c4ccccc4C54c5ccccc5Sc5ccccc54)cc3)nc3ccccc23)cc1. The number of benzene rings is 22. The fourth-order valence-corrected chi connectivity index (χ4v) is 28.3. The molecule has 25 aromatic rings. The third-order valence-corrected chi connectivity index (χ3v) is 34.6. The van der Waals surface area contributed by atoms with Gasteiger partial charge in [0.1, 0.15) is 0 Å². The van der Waals surface area contributed by atoms with E-state index in [-0.39, 0.29) is 10.8 Å².